The Hall–Kier alpha value is -3.40. The van der Waals surface area contributed by atoms with E-state index in [4.69, 9.17) is 0 Å². The van der Waals surface area contributed by atoms with E-state index in [1.807, 2.05) is 49.1 Å². The zero-order valence-electron chi connectivity index (χ0n) is 14.7. The van der Waals surface area contributed by atoms with Gasteiger partial charge in [-0.05, 0) is 55.3 Å². The molecular formula is C22H18N4. The third-order valence-corrected chi connectivity index (χ3v) is 4.36. The molecule has 0 bridgehead atoms. The third kappa shape index (κ3) is 3.09. The monoisotopic (exact) mass is 338 g/mol. The van der Waals surface area contributed by atoms with Crippen molar-refractivity contribution in [3.63, 3.8) is 0 Å². The van der Waals surface area contributed by atoms with Crippen molar-refractivity contribution in [3.8, 4) is 33.6 Å². The smallest absolute Gasteiger partial charge is 0.0747 e. The van der Waals surface area contributed by atoms with E-state index in [-0.39, 0.29) is 0 Å². The van der Waals surface area contributed by atoms with Crippen LogP contribution >= 0.6 is 0 Å². The first kappa shape index (κ1) is 16.1. The Balaban J connectivity index is 1.71. The van der Waals surface area contributed by atoms with Crippen molar-refractivity contribution in [2.24, 2.45) is 0 Å². The Bertz CT molecular complexity index is 1040. The van der Waals surface area contributed by atoms with Gasteiger partial charge in [0.1, 0.15) is 0 Å². The van der Waals surface area contributed by atoms with Crippen LogP contribution in [-0.2, 0) is 0 Å². The van der Waals surface area contributed by atoms with Gasteiger partial charge in [-0.15, -0.1) is 0 Å². The first-order valence-corrected chi connectivity index (χ1v) is 8.47. The fraction of sp³-hybridized carbons (Fsp3) is 0.0909. The van der Waals surface area contributed by atoms with Crippen LogP contribution in [0.5, 0.6) is 0 Å². The number of aryl methyl sites for hydroxylation is 2. The van der Waals surface area contributed by atoms with Crippen LogP contribution in [0, 0.1) is 13.8 Å². The normalized spacial score (nSPS) is 10.7. The molecule has 4 aromatic rings. The van der Waals surface area contributed by atoms with Crippen molar-refractivity contribution in [1.82, 2.24) is 19.9 Å². The molecule has 0 aliphatic heterocycles. The second-order valence-corrected chi connectivity index (χ2v) is 6.26. The van der Waals surface area contributed by atoms with E-state index in [1.165, 1.54) is 0 Å². The zero-order chi connectivity index (χ0) is 17.9. The first-order valence-electron chi connectivity index (χ1n) is 8.47. The van der Waals surface area contributed by atoms with E-state index in [2.05, 4.69) is 45.9 Å². The van der Waals surface area contributed by atoms with Gasteiger partial charge in [-0.3, -0.25) is 19.9 Å². The van der Waals surface area contributed by atoms with E-state index in [0.29, 0.717) is 0 Å². The lowest BCUT2D eigenvalue weighted by Crippen LogP contribution is -1.94. The highest BCUT2D eigenvalue weighted by atomic mass is 14.7. The van der Waals surface area contributed by atoms with Gasteiger partial charge in [-0.1, -0.05) is 6.07 Å². The quantitative estimate of drug-likeness (QED) is 0.534. The molecule has 0 aliphatic rings. The van der Waals surface area contributed by atoms with Crippen LogP contribution in [0.3, 0.4) is 0 Å². The van der Waals surface area contributed by atoms with Crippen molar-refractivity contribution in [2.45, 2.75) is 13.8 Å². The highest BCUT2D eigenvalue weighted by Crippen LogP contribution is 2.28. The standard InChI is InChI=1S/C22H18N4/c1-15-9-19(17-5-3-7-23-11-17)13-25-22(15)20-10-16(2)21(26-14-20)18-6-4-8-24-12-18/h3-14H,1-2H3. The highest BCUT2D eigenvalue weighted by Gasteiger charge is 2.10. The Labute approximate surface area is 152 Å². The molecule has 4 heterocycles. The summed E-state index contributed by atoms with van der Waals surface area (Å²) in [6.45, 7) is 4.14. The van der Waals surface area contributed by atoms with Crippen molar-refractivity contribution < 1.29 is 0 Å². The minimum atomic E-state index is 0.950. The number of pyridine rings is 4. The number of rotatable bonds is 3. The molecule has 4 nitrogen and oxygen atoms in total. The van der Waals surface area contributed by atoms with Gasteiger partial charge in [0.25, 0.3) is 0 Å². The number of hydrogen-bond acceptors (Lipinski definition) is 4. The van der Waals surface area contributed by atoms with Gasteiger partial charge in [-0.25, -0.2) is 0 Å². The van der Waals surface area contributed by atoms with Crippen LogP contribution in [0.4, 0.5) is 0 Å². The van der Waals surface area contributed by atoms with Gasteiger partial charge in [0.15, 0.2) is 0 Å². The third-order valence-electron chi connectivity index (χ3n) is 4.36. The van der Waals surface area contributed by atoms with Gasteiger partial charge < -0.3 is 0 Å². The maximum absolute atomic E-state index is 4.69. The summed E-state index contributed by atoms with van der Waals surface area (Å²) in [5.41, 5.74) is 8.29. The van der Waals surface area contributed by atoms with E-state index in [1.54, 1.807) is 12.4 Å². The van der Waals surface area contributed by atoms with E-state index < -0.39 is 0 Å². The summed E-state index contributed by atoms with van der Waals surface area (Å²) in [7, 11) is 0. The van der Waals surface area contributed by atoms with Crippen molar-refractivity contribution in [1.29, 1.82) is 0 Å². The predicted octanol–water partition coefficient (Wildman–Crippen LogP) is 4.88. The Morgan fingerprint density at radius 3 is 1.69 bits per heavy atom. The molecular weight excluding hydrogens is 320 g/mol. The van der Waals surface area contributed by atoms with E-state index >= 15 is 0 Å². The average Bonchev–Trinajstić information content (AvgIpc) is 2.69. The van der Waals surface area contributed by atoms with Gasteiger partial charge in [0.2, 0.25) is 0 Å². The van der Waals surface area contributed by atoms with Gasteiger partial charge >= 0.3 is 0 Å². The molecule has 4 rings (SSSR count). The lowest BCUT2D eigenvalue weighted by Gasteiger charge is -2.10. The fourth-order valence-electron chi connectivity index (χ4n) is 3.08. The SMILES string of the molecule is Cc1cc(-c2cccnc2)cnc1-c1cnc(-c2cccnc2)c(C)c1. The first-order chi connectivity index (χ1) is 12.7. The molecule has 0 amide bonds. The Morgan fingerprint density at radius 2 is 1.12 bits per heavy atom. The molecule has 0 spiro atoms. The topological polar surface area (TPSA) is 51.6 Å². The minimum absolute atomic E-state index is 0.950. The van der Waals surface area contributed by atoms with Crippen LogP contribution in [-0.4, -0.2) is 19.9 Å². The van der Waals surface area contributed by atoms with Crippen LogP contribution in [0.2, 0.25) is 0 Å². The molecule has 4 aromatic heterocycles. The molecule has 0 aromatic carbocycles. The molecule has 0 saturated heterocycles. The Kier molecular flexibility index (Phi) is 4.23. The van der Waals surface area contributed by atoms with Crippen LogP contribution in [0.25, 0.3) is 33.6 Å². The summed E-state index contributed by atoms with van der Waals surface area (Å²) >= 11 is 0. The molecule has 0 fully saturated rings. The second-order valence-electron chi connectivity index (χ2n) is 6.26. The van der Waals surface area contributed by atoms with Gasteiger partial charge in [0.05, 0.1) is 11.4 Å². The highest BCUT2D eigenvalue weighted by molar-refractivity contribution is 5.71. The number of hydrogen-bond donors (Lipinski definition) is 0. The van der Waals surface area contributed by atoms with Gasteiger partial charge in [-0.2, -0.15) is 0 Å². The predicted molar refractivity (Wildman–Crippen MR) is 103 cm³/mol. The van der Waals surface area contributed by atoms with Crippen LogP contribution in [0.15, 0.2) is 73.6 Å². The fourth-order valence-corrected chi connectivity index (χ4v) is 3.08. The molecule has 0 unspecified atom stereocenters. The maximum atomic E-state index is 4.69. The summed E-state index contributed by atoms with van der Waals surface area (Å²) in [5.74, 6) is 0. The summed E-state index contributed by atoms with van der Waals surface area (Å²) in [5, 5.41) is 0. The summed E-state index contributed by atoms with van der Waals surface area (Å²) < 4.78 is 0. The molecule has 0 aliphatic carbocycles. The summed E-state index contributed by atoms with van der Waals surface area (Å²) in [6, 6.07) is 12.2. The maximum Gasteiger partial charge on any atom is 0.0747 e. The molecule has 4 heteroatoms. The largest absolute Gasteiger partial charge is 0.264 e. The van der Waals surface area contributed by atoms with Crippen LogP contribution in [0.1, 0.15) is 11.1 Å². The molecule has 0 radical (unpaired) electrons. The number of nitrogens with zero attached hydrogens (tertiary/aromatic N) is 4. The van der Waals surface area contributed by atoms with E-state index in [9.17, 15) is 0 Å². The summed E-state index contributed by atoms with van der Waals surface area (Å²) in [4.78, 5) is 17.7. The summed E-state index contributed by atoms with van der Waals surface area (Å²) in [6.07, 6.45) is 11.0. The van der Waals surface area contributed by atoms with Crippen molar-refractivity contribution in [2.75, 3.05) is 0 Å². The average molecular weight is 338 g/mol. The molecule has 26 heavy (non-hydrogen) atoms. The molecule has 0 atom stereocenters. The van der Waals surface area contributed by atoms with Crippen LogP contribution < -0.4 is 0 Å². The zero-order valence-corrected chi connectivity index (χ0v) is 14.7. The van der Waals surface area contributed by atoms with Crippen molar-refractivity contribution >= 4 is 0 Å². The second kappa shape index (κ2) is 6.84. The lowest BCUT2D eigenvalue weighted by molar-refractivity contribution is 1.21. The van der Waals surface area contributed by atoms with E-state index in [0.717, 1.165) is 44.8 Å². The van der Waals surface area contributed by atoms with Crippen molar-refractivity contribution in [3.05, 3.63) is 84.7 Å². The van der Waals surface area contributed by atoms with Gasteiger partial charge in [0, 0.05) is 59.4 Å². The molecule has 0 saturated carbocycles. The Morgan fingerprint density at radius 1 is 0.577 bits per heavy atom. The molecule has 0 N–H and O–H groups in total. The lowest BCUT2D eigenvalue weighted by atomic mass is 10.0. The minimum Gasteiger partial charge on any atom is -0.264 e. The number of aromatic nitrogens is 4. The molecule has 126 valence electrons.